The summed E-state index contributed by atoms with van der Waals surface area (Å²) < 4.78 is 5.24. The highest BCUT2D eigenvalue weighted by molar-refractivity contribution is 6.42. The first-order valence-corrected chi connectivity index (χ1v) is 8.09. The minimum absolute atomic E-state index is 0.284. The molecule has 2 N–H and O–H groups in total. The van der Waals surface area contributed by atoms with Crippen LogP contribution in [-0.2, 0) is 9.59 Å². The Kier molecular flexibility index (Phi) is 7.03. The summed E-state index contributed by atoms with van der Waals surface area (Å²) in [5.74, 6) is -0.862. The first-order chi connectivity index (χ1) is 12.5. The molecule has 0 unspecified atom stereocenters. The second-order valence-electron chi connectivity index (χ2n) is 4.91. The molecule has 8 heteroatoms. The lowest BCUT2D eigenvalue weighted by Crippen LogP contribution is -2.43. The molecule has 2 rings (SSSR count). The zero-order valence-electron chi connectivity index (χ0n) is 13.3. The van der Waals surface area contributed by atoms with E-state index in [-0.39, 0.29) is 12.4 Å². The van der Waals surface area contributed by atoms with Crippen LogP contribution >= 0.6 is 23.2 Å². The lowest BCUT2D eigenvalue weighted by Gasteiger charge is -2.08. The number of hydrazine groups is 1. The monoisotopic (exact) mass is 389 g/mol. The van der Waals surface area contributed by atoms with Crippen molar-refractivity contribution in [2.75, 3.05) is 6.61 Å². The van der Waals surface area contributed by atoms with E-state index in [1.54, 1.807) is 42.5 Å². The Morgan fingerprint density at radius 1 is 1.12 bits per heavy atom. The van der Waals surface area contributed by atoms with Gasteiger partial charge in [0.2, 0.25) is 0 Å². The van der Waals surface area contributed by atoms with Gasteiger partial charge in [0, 0.05) is 6.08 Å². The molecule has 0 atom stereocenters. The summed E-state index contributed by atoms with van der Waals surface area (Å²) in [6.07, 6.45) is 2.67. The first-order valence-electron chi connectivity index (χ1n) is 7.34. The van der Waals surface area contributed by atoms with Crippen molar-refractivity contribution in [2.24, 2.45) is 0 Å². The van der Waals surface area contributed by atoms with Crippen LogP contribution in [0.1, 0.15) is 11.1 Å². The Morgan fingerprint density at radius 3 is 2.65 bits per heavy atom. The summed E-state index contributed by atoms with van der Waals surface area (Å²) in [5.41, 5.74) is 5.28. The minimum Gasteiger partial charge on any atom is -0.482 e. The van der Waals surface area contributed by atoms with Crippen LogP contribution in [0, 0.1) is 11.3 Å². The van der Waals surface area contributed by atoms with E-state index in [0.717, 1.165) is 0 Å². The Labute approximate surface area is 159 Å². The van der Waals surface area contributed by atoms with Gasteiger partial charge in [0.25, 0.3) is 11.8 Å². The molecule has 0 saturated carbocycles. The van der Waals surface area contributed by atoms with Gasteiger partial charge in [-0.3, -0.25) is 20.4 Å². The van der Waals surface area contributed by atoms with Crippen molar-refractivity contribution in [3.8, 4) is 11.8 Å². The molecular weight excluding hydrogens is 377 g/mol. The molecular formula is C18H13Cl2N3O3. The number of nitrogens with zero attached hydrogens (tertiary/aromatic N) is 1. The van der Waals surface area contributed by atoms with E-state index < -0.39 is 11.8 Å². The quantitative estimate of drug-likeness (QED) is 0.606. The SMILES string of the molecule is N#Cc1ccccc1OCC(=O)NNC(=O)C=Cc1cccc(Cl)c1Cl. The van der Waals surface area contributed by atoms with E-state index in [0.29, 0.717) is 21.2 Å². The zero-order valence-corrected chi connectivity index (χ0v) is 14.8. The molecule has 0 heterocycles. The maximum Gasteiger partial charge on any atom is 0.276 e. The zero-order chi connectivity index (χ0) is 18.9. The second kappa shape index (κ2) is 9.47. The summed E-state index contributed by atoms with van der Waals surface area (Å²) in [4.78, 5) is 23.4. The van der Waals surface area contributed by atoms with Crippen molar-refractivity contribution in [3.05, 3.63) is 69.7 Å². The average molecular weight is 390 g/mol. The lowest BCUT2D eigenvalue weighted by molar-refractivity contribution is -0.128. The number of nitrogens with one attached hydrogen (secondary N) is 2. The number of halogens is 2. The van der Waals surface area contributed by atoms with Gasteiger partial charge in [-0.1, -0.05) is 47.5 Å². The Hall–Kier alpha value is -3.01. The van der Waals surface area contributed by atoms with Gasteiger partial charge < -0.3 is 4.74 Å². The van der Waals surface area contributed by atoms with Crippen LogP contribution in [0.3, 0.4) is 0 Å². The molecule has 0 aliphatic carbocycles. The van der Waals surface area contributed by atoms with Gasteiger partial charge >= 0.3 is 0 Å². The molecule has 132 valence electrons. The van der Waals surface area contributed by atoms with Crippen LogP contribution < -0.4 is 15.6 Å². The van der Waals surface area contributed by atoms with Gasteiger partial charge in [-0.15, -0.1) is 0 Å². The van der Waals surface area contributed by atoms with E-state index in [1.165, 1.54) is 12.2 Å². The molecule has 26 heavy (non-hydrogen) atoms. The third-order valence-electron chi connectivity index (χ3n) is 3.09. The van der Waals surface area contributed by atoms with Crippen molar-refractivity contribution in [1.29, 1.82) is 5.26 Å². The molecule has 0 fully saturated rings. The number of para-hydroxylation sites is 1. The summed E-state index contributed by atoms with van der Waals surface area (Å²) in [6, 6.07) is 13.5. The Balaban J connectivity index is 1.82. The van der Waals surface area contributed by atoms with Gasteiger partial charge in [0.15, 0.2) is 6.61 Å². The molecule has 0 spiro atoms. The van der Waals surface area contributed by atoms with Gasteiger partial charge in [0.1, 0.15) is 11.8 Å². The third-order valence-corrected chi connectivity index (χ3v) is 3.92. The van der Waals surface area contributed by atoms with Crippen molar-refractivity contribution >= 4 is 41.1 Å². The lowest BCUT2D eigenvalue weighted by atomic mass is 10.2. The van der Waals surface area contributed by atoms with Crippen LogP contribution in [0.4, 0.5) is 0 Å². The highest BCUT2D eigenvalue weighted by Crippen LogP contribution is 2.26. The molecule has 2 amide bonds. The van der Waals surface area contributed by atoms with E-state index in [1.807, 2.05) is 6.07 Å². The molecule has 0 saturated heterocycles. The predicted molar refractivity (Wildman–Crippen MR) is 98.4 cm³/mol. The number of amides is 2. The Bertz CT molecular complexity index is 891. The van der Waals surface area contributed by atoms with Crippen LogP contribution in [0.2, 0.25) is 10.0 Å². The fourth-order valence-corrected chi connectivity index (χ4v) is 2.22. The van der Waals surface area contributed by atoms with E-state index in [9.17, 15) is 9.59 Å². The largest absolute Gasteiger partial charge is 0.482 e. The van der Waals surface area contributed by atoms with E-state index in [4.69, 9.17) is 33.2 Å². The number of nitriles is 1. The van der Waals surface area contributed by atoms with Crippen molar-refractivity contribution in [3.63, 3.8) is 0 Å². The Morgan fingerprint density at radius 2 is 1.88 bits per heavy atom. The maximum atomic E-state index is 11.7. The van der Waals surface area contributed by atoms with E-state index >= 15 is 0 Å². The molecule has 0 radical (unpaired) electrons. The van der Waals surface area contributed by atoms with Gasteiger partial charge in [0.05, 0.1) is 15.6 Å². The van der Waals surface area contributed by atoms with Crippen LogP contribution in [-0.4, -0.2) is 18.4 Å². The van der Waals surface area contributed by atoms with Crippen molar-refractivity contribution in [1.82, 2.24) is 10.9 Å². The predicted octanol–water partition coefficient (Wildman–Crippen LogP) is 3.10. The second-order valence-corrected chi connectivity index (χ2v) is 5.70. The van der Waals surface area contributed by atoms with E-state index in [2.05, 4.69) is 10.9 Å². The molecule has 0 aromatic heterocycles. The number of hydrogen-bond acceptors (Lipinski definition) is 4. The van der Waals surface area contributed by atoms with Crippen LogP contribution in [0.25, 0.3) is 6.08 Å². The first kappa shape index (κ1) is 19.3. The molecule has 0 bridgehead atoms. The normalized spacial score (nSPS) is 10.2. The van der Waals surface area contributed by atoms with Crippen molar-refractivity contribution in [2.45, 2.75) is 0 Å². The van der Waals surface area contributed by atoms with Crippen molar-refractivity contribution < 1.29 is 14.3 Å². The third kappa shape index (κ3) is 5.52. The number of ether oxygens (including phenoxy) is 1. The summed E-state index contributed by atoms with van der Waals surface area (Å²) >= 11 is 11.9. The molecule has 0 aliphatic rings. The molecule has 0 aliphatic heterocycles. The number of carbonyl (C=O) groups excluding carboxylic acids is 2. The van der Waals surface area contributed by atoms with Gasteiger partial charge in [-0.25, -0.2) is 0 Å². The maximum absolute atomic E-state index is 11.7. The fourth-order valence-electron chi connectivity index (χ4n) is 1.85. The van der Waals surface area contributed by atoms with Gasteiger partial charge in [-0.05, 0) is 29.8 Å². The topological polar surface area (TPSA) is 91.2 Å². The molecule has 6 nitrogen and oxygen atoms in total. The standard InChI is InChI=1S/C18H13Cl2N3O3/c19-14-6-3-5-12(18(14)20)8-9-16(24)22-23-17(25)11-26-15-7-2-1-4-13(15)10-21/h1-9H,11H2,(H,22,24)(H,23,25). The number of hydrogen-bond donors (Lipinski definition) is 2. The average Bonchev–Trinajstić information content (AvgIpc) is 2.66. The van der Waals surface area contributed by atoms with Gasteiger partial charge in [-0.2, -0.15) is 5.26 Å². The number of benzene rings is 2. The highest BCUT2D eigenvalue weighted by atomic mass is 35.5. The summed E-state index contributed by atoms with van der Waals surface area (Å²) in [6.45, 7) is -0.358. The van der Waals surface area contributed by atoms with Crippen LogP contribution in [0.5, 0.6) is 5.75 Å². The summed E-state index contributed by atoms with van der Waals surface area (Å²) in [5, 5.41) is 9.63. The smallest absolute Gasteiger partial charge is 0.276 e. The number of rotatable bonds is 5. The minimum atomic E-state index is -0.583. The van der Waals surface area contributed by atoms with Crippen LogP contribution in [0.15, 0.2) is 48.5 Å². The molecule has 2 aromatic rings. The fraction of sp³-hybridized carbons (Fsp3) is 0.0556. The highest BCUT2D eigenvalue weighted by Gasteiger charge is 2.07. The number of carbonyl (C=O) groups is 2. The summed E-state index contributed by atoms with van der Waals surface area (Å²) in [7, 11) is 0. The molecule has 2 aromatic carbocycles.